The van der Waals surface area contributed by atoms with Crippen LogP contribution in [0.4, 0.5) is 5.69 Å². The van der Waals surface area contributed by atoms with E-state index in [1.165, 1.54) is 15.3 Å². The van der Waals surface area contributed by atoms with E-state index < -0.39 is 21.6 Å². The summed E-state index contributed by atoms with van der Waals surface area (Å²) in [4.78, 5) is 27.6. The fourth-order valence-corrected chi connectivity index (χ4v) is 6.08. The Hall–Kier alpha value is -3.30. The Labute approximate surface area is 205 Å². The molecule has 0 N–H and O–H groups in total. The first kappa shape index (κ1) is 24.8. The minimum Gasteiger partial charge on any atom is -0.314 e. The van der Waals surface area contributed by atoms with E-state index in [-0.39, 0.29) is 10.8 Å². The van der Waals surface area contributed by atoms with Crippen LogP contribution in [-0.4, -0.2) is 48.5 Å². The van der Waals surface area contributed by atoms with Gasteiger partial charge in [-0.15, -0.1) is 0 Å². The Morgan fingerprint density at radius 1 is 1.03 bits per heavy atom. The highest BCUT2D eigenvalue weighted by Gasteiger charge is 2.29. The van der Waals surface area contributed by atoms with Crippen LogP contribution in [-0.2, 0) is 14.8 Å². The lowest BCUT2D eigenvalue weighted by molar-refractivity contribution is -0.121. The third kappa shape index (κ3) is 4.92. The molecule has 1 aromatic heterocycles. The number of rotatable bonds is 6. The quantitative estimate of drug-likeness (QED) is 0.523. The number of likely N-dealkylation sites (N-methyl/N-ethyl adjacent to an activating group) is 1. The first-order chi connectivity index (χ1) is 16.6. The number of amides is 1. The SMILES string of the molecule is Cc1cccc(N(C)C(=O)[C@H](C)n2nc(-c3ccc(C)c(S(=O)(=O)N4CCCC4)c3)ccc2=O)c1. The van der Waals surface area contributed by atoms with Gasteiger partial charge in [-0.05, 0) is 69.0 Å². The number of aryl methyl sites for hydroxylation is 2. The highest BCUT2D eigenvalue weighted by molar-refractivity contribution is 7.89. The second-order valence-electron chi connectivity index (χ2n) is 9.01. The summed E-state index contributed by atoms with van der Waals surface area (Å²) >= 11 is 0. The Morgan fingerprint density at radius 2 is 1.74 bits per heavy atom. The monoisotopic (exact) mass is 494 g/mol. The molecule has 3 aromatic rings. The molecule has 0 spiro atoms. The largest absolute Gasteiger partial charge is 0.314 e. The van der Waals surface area contributed by atoms with Gasteiger partial charge >= 0.3 is 0 Å². The molecule has 1 amide bonds. The molecule has 1 aliphatic rings. The van der Waals surface area contributed by atoms with Gasteiger partial charge in [0.15, 0.2) is 0 Å². The lowest BCUT2D eigenvalue weighted by Gasteiger charge is -2.23. The van der Waals surface area contributed by atoms with Crippen LogP contribution >= 0.6 is 0 Å². The van der Waals surface area contributed by atoms with Crippen molar-refractivity contribution in [2.75, 3.05) is 25.0 Å². The van der Waals surface area contributed by atoms with Crippen molar-refractivity contribution in [1.82, 2.24) is 14.1 Å². The van der Waals surface area contributed by atoms with Gasteiger partial charge in [-0.2, -0.15) is 9.40 Å². The van der Waals surface area contributed by atoms with E-state index >= 15 is 0 Å². The predicted octanol–water partition coefficient (Wildman–Crippen LogP) is 3.54. The molecule has 4 rings (SSSR count). The maximum atomic E-state index is 13.2. The van der Waals surface area contributed by atoms with Crippen LogP contribution in [0.15, 0.2) is 64.3 Å². The predicted molar refractivity (Wildman–Crippen MR) is 136 cm³/mol. The van der Waals surface area contributed by atoms with E-state index in [2.05, 4.69) is 5.10 Å². The molecule has 2 aromatic carbocycles. The van der Waals surface area contributed by atoms with Crippen molar-refractivity contribution in [2.24, 2.45) is 0 Å². The van der Waals surface area contributed by atoms with Crippen LogP contribution in [0.5, 0.6) is 0 Å². The van der Waals surface area contributed by atoms with Crippen LogP contribution < -0.4 is 10.5 Å². The molecule has 0 saturated carbocycles. The summed E-state index contributed by atoms with van der Waals surface area (Å²) in [6.07, 6.45) is 1.71. The number of aromatic nitrogens is 2. The Morgan fingerprint density at radius 3 is 2.43 bits per heavy atom. The van der Waals surface area contributed by atoms with Crippen molar-refractivity contribution in [3.8, 4) is 11.3 Å². The van der Waals surface area contributed by atoms with Gasteiger partial charge in [0.1, 0.15) is 6.04 Å². The Kier molecular flexibility index (Phi) is 6.91. The number of nitrogens with zero attached hydrogens (tertiary/aromatic N) is 4. The minimum atomic E-state index is -3.62. The van der Waals surface area contributed by atoms with Crippen molar-refractivity contribution in [3.63, 3.8) is 0 Å². The lowest BCUT2D eigenvalue weighted by Crippen LogP contribution is -2.38. The third-order valence-corrected chi connectivity index (χ3v) is 8.48. The highest BCUT2D eigenvalue weighted by Crippen LogP contribution is 2.28. The molecule has 0 radical (unpaired) electrons. The second kappa shape index (κ2) is 9.75. The fraction of sp³-hybridized carbons (Fsp3) is 0.346. The summed E-state index contributed by atoms with van der Waals surface area (Å²) < 4.78 is 29.0. The van der Waals surface area contributed by atoms with Crippen LogP contribution in [0, 0.1) is 13.8 Å². The van der Waals surface area contributed by atoms with Gasteiger partial charge < -0.3 is 4.90 Å². The van der Waals surface area contributed by atoms with Gasteiger partial charge in [-0.1, -0.05) is 24.3 Å². The van der Waals surface area contributed by atoms with Crippen LogP contribution in [0.2, 0.25) is 0 Å². The summed E-state index contributed by atoms with van der Waals surface area (Å²) in [5.74, 6) is -0.288. The molecule has 0 unspecified atom stereocenters. The van der Waals surface area contributed by atoms with Crippen LogP contribution in [0.25, 0.3) is 11.3 Å². The molecule has 1 fully saturated rings. The first-order valence-electron chi connectivity index (χ1n) is 11.6. The topological polar surface area (TPSA) is 92.6 Å². The second-order valence-corrected chi connectivity index (χ2v) is 10.9. The van der Waals surface area contributed by atoms with E-state index in [1.807, 2.05) is 31.2 Å². The summed E-state index contributed by atoms with van der Waals surface area (Å²) in [7, 11) is -1.95. The summed E-state index contributed by atoms with van der Waals surface area (Å²) in [5, 5.41) is 4.46. The average Bonchev–Trinajstić information content (AvgIpc) is 3.39. The van der Waals surface area contributed by atoms with Gasteiger partial charge in [0, 0.05) is 37.5 Å². The number of carbonyl (C=O) groups excluding carboxylic acids is 1. The number of hydrogen-bond acceptors (Lipinski definition) is 5. The zero-order chi connectivity index (χ0) is 25.3. The van der Waals surface area contributed by atoms with E-state index in [0.717, 1.165) is 28.8 Å². The molecule has 9 heteroatoms. The van der Waals surface area contributed by atoms with Crippen molar-refractivity contribution in [1.29, 1.82) is 0 Å². The molecular weight excluding hydrogens is 464 g/mol. The molecule has 8 nitrogen and oxygen atoms in total. The number of anilines is 1. The molecule has 2 heterocycles. The number of hydrogen-bond donors (Lipinski definition) is 0. The molecule has 0 aliphatic carbocycles. The minimum absolute atomic E-state index is 0.236. The molecule has 35 heavy (non-hydrogen) atoms. The maximum absolute atomic E-state index is 13.2. The number of sulfonamides is 1. The Balaban J connectivity index is 1.68. The molecule has 1 atom stereocenters. The number of carbonyl (C=O) groups is 1. The van der Waals surface area contributed by atoms with Crippen molar-refractivity contribution in [3.05, 3.63) is 76.1 Å². The third-order valence-electron chi connectivity index (χ3n) is 6.44. The zero-order valence-electron chi connectivity index (χ0n) is 20.4. The standard InChI is InChI=1S/C26H30N4O4S/c1-18-8-7-9-22(16-18)28(4)26(32)20(3)30-25(31)13-12-23(27-30)21-11-10-19(2)24(17-21)35(33,34)29-14-5-6-15-29/h7-13,16-17,20H,5-6,14-15H2,1-4H3/t20-/m0/s1. The van der Waals surface area contributed by atoms with Gasteiger partial charge in [-0.25, -0.2) is 13.1 Å². The smallest absolute Gasteiger partial charge is 0.267 e. The Bertz CT molecular complexity index is 1430. The molecular formula is C26H30N4O4S. The average molecular weight is 495 g/mol. The highest BCUT2D eigenvalue weighted by atomic mass is 32.2. The zero-order valence-corrected chi connectivity index (χ0v) is 21.2. The van der Waals surface area contributed by atoms with Gasteiger partial charge in [-0.3, -0.25) is 9.59 Å². The molecule has 0 bridgehead atoms. The number of benzene rings is 2. The molecule has 1 saturated heterocycles. The van der Waals surface area contributed by atoms with E-state index in [4.69, 9.17) is 0 Å². The summed E-state index contributed by atoms with van der Waals surface area (Å²) in [6, 6.07) is 14.7. The summed E-state index contributed by atoms with van der Waals surface area (Å²) in [6.45, 7) is 6.38. The fourth-order valence-electron chi connectivity index (χ4n) is 4.31. The van der Waals surface area contributed by atoms with Crippen LogP contribution in [0.3, 0.4) is 0 Å². The first-order valence-corrected chi connectivity index (χ1v) is 13.1. The van der Waals surface area contributed by atoms with Gasteiger partial charge in [0.2, 0.25) is 10.0 Å². The molecule has 184 valence electrons. The van der Waals surface area contributed by atoms with Crippen molar-refractivity contribution < 1.29 is 13.2 Å². The summed E-state index contributed by atoms with van der Waals surface area (Å²) in [5.41, 5.74) is 2.96. The van der Waals surface area contributed by atoms with Gasteiger partial charge in [0.25, 0.3) is 11.5 Å². The van der Waals surface area contributed by atoms with E-state index in [1.54, 1.807) is 45.2 Å². The van der Waals surface area contributed by atoms with E-state index in [9.17, 15) is 18.0 Å². The lowest BCUT2D eigenvalue weighted by atomic mass is 10.1. The van der Waals surface area contributed by atoms with Crippen LogP contribution in [0.1, 0.15) is 36.9 Å². The van der Waals surface area contributed by atoms with Crippen molar-refractivity contribution >= 4 is 21.6 Å². The van der Waals surface area contributed by atoms with Crippen molar-refractivity contribution in [2.45, 2.75) is 44.6 Å². The molecule has 1 aliphatic heterocycles. The van der Waals surface area contributed by atoms with E-state index in [0.29, 0.717) is 29.9 Å². The normalized spacial score (nSPS) is 15.2. The maximum Gasteiger partial charge on any atom is 0.267 e. The van der Waals surface area contributed by atoms with Gasteiger partial charge in [0.05, 0.1) is 10.6 Å².